The van der Waals surface area contributed by atoms with Crippen molar-refractivity contribution in [1.82, 2.24) is 19.6 Å². The maximum absolute atomic E-state index is 12.3. The molecule has 0 radical (unpaired) electrons. The third-order valence-corrected chi connectivity index (χ3v) is 4.29. The highest BCUT2D eigenvalue weighted by Crippen LogP contribution is 2.19. The van der Waals surface area contributed by atoms with E-state index in [0.717, 1.165) is 11.4 Å². The van der Waals surface area contributed by atoms with Crippen molar-refractivity contribution >= 4 is 23.2 Å². The van der Waals surface area contributed by atoms with Crippen LogP contribution in [0.25, 0.3) is 0 Å². The molecule has 1 N–H and O–H groups in total. The molecule has 1 aromatic carbocycles. The van der Waals surface area contributed by atoms with Crippen molar-refractivity contribution in [2.75, 3.05) is 5.32 Å². The number of para-hydroxylation sites is 1. The van der Waals surface area contributed by atoms with Gasteiger partial charge in [-0.15, -0.1) is 0 Å². The fourth-order valence-electron chi connectivity index (χ4n) is 2.39. The van der Waals surface area contributed by atoms with Crippen molar-refractivity contribution in [3.63, 3.8) is 0 Å². The van der Waals surface area contributed by atoms with E-state index in [1.165, 1.54) is 0 Å². The summed E-state index contributed by atoms with van der Waals surface area (Å²) in [5.41, 5.74) is 2.68. The van der Waals surface area contributed by atoms with Crippen molar-refractivity contribution < 1.29 is 4.79 Å². The van der Waals surface area contributed by atoms with Crippen LogP contribution in [0.5, 0.6) is 0 Å². The molecule has 2 heterocycles. The van der Waals surface area contributed by atoms with E-state index < -0.39 is 0 Å². The van der Waals surface area contributed by atoms with Gasteiger partial charge in [-0.3, -0.25) is 9.48 Å². The van der Waals surface area contributed by atoms with E-state index in [1.54, 1.807) is 45.9 Å². The minimum Gasteiger partial charge on any atom is -0.319 e. The molecule has 8 heteroatoms. The number of rotatable bonds is 4. The minimum absolute atomic E-state index is 0.250. The van der Waals surface area contributed by atoms with Crippen LogP contribution < -0.4 is 5.32 Å². The van der Waals surface area contributed by atoms with Crippen LogP contribution in [-0.4, -0.2) is 25.5 Å². The predicted molar refractivity (Wildman–Crippen MR) is 93.4 cm³/mol. The molecule has 0 bridgehead atoms. The largest absolute Gasteiger partial charge is 0.319 e. The number of carbonyl (C=O) groups is 1. The Morgan fingerprint density at radius 3 is 2.72 bits per heavy atom. The molecule has 126 valence electrons. The summed E-state index contributed by atoms with van der Waals surface area (Å²) < 4.78 is 3.32. The predicted octanol–water partition coefficient (Wildman–Crippen LogP) is 2.98. The molecule has 0 saturated carbocycles. The fourth-order valence-corrected chi connectivity index (χ4v) is 2.52. The summed E-state index contributed by atoms with van der Waals surface area (Å²) in [5.74, 6) is -0.382. The highest BCUT2D eigenvalue weighted by Gasteiger charge is 2.13. The van der Waals surface area contributed by atoms with Gasteiger partial charge >= 0.3 is 0 Å². The zero-order valence-corrected chi connectivity index (χ0v) is 14.4. The number of nitrogens with zero attached hydrogens (tertiary/aromatic N) is 5. The number of benzene rings is 1. The number of anilines is 1. The first kappa shape index (κ1) is 16.7. The van der Waals surface area contributed by atoms with Crippen molar-refractivity contribution in [2.45, 2.75) is 20.5 Å². The van der Waals surface area contributed by atoms with E-state index in [0.29, 0.717) is 22.9 Å². The van der Waals surface area contributed by atoms with Gasteiger partial charge in [-0.1, -0.05) is 23.7 Å². The molecule has 0 atom stereocenters. The van der Waals surface area contributed by atoms with Crippen LogP contribution in [0.1, 0.15) is 27.4 Å². The molecule has 2 aromatic heterocycles. The van der Waals surface area contributed by atoms with Gasteiger partial charge in [0.15, 0.2) is 5.69 Å². The maximum atomic E-state index is 12.3. The Morgan fingerprint density at radius 1 is 1.28 bits per heavy atom. The fraction of sp³-hybridized carbons (Fsp3) is 0.176. The quantitative estimate of drug-likeness (QED) is 0.780. The maximum Gasteiger partial charge on any atom is 0.276 e. The SMILES string of the molecule is Cc1nn(Cn2ccc(C(=O)Nc3ccccc3C#N)n2)c(C)c1Cl. The first-order chi connectivity index (χ1) is 12.0. The Bertz CT molecular complexity index is 981. The molecule has 7 nitrogen and oxygen atoms in total. The molecule has 3 rings (SSSR count). The number of nitrogens with one attached hydrogen (secondary N) is 1. The average Bonchev–Trinajstić information content (AvgIpc) is 3.17. The molecule has 25 heavy (non-hydrogen) atoms. The number of halogens is 1. The Hall–Kier alpha value is -3.11. The second kappa shape index (κ2) is 6.79. The van der Waals surface area contributed by atoms with Gasteiger partial charge in [0, 0.05) is 6.20 Å². The zero-order valence-electron chi connectivity index (χ0n) is 13.7. The second-order valence-corrected chi connectivity index (χ2v) is 5.86. The van der Waals surface area contributed by atoms with E-state index >= 15 is 0 Å². The number of nitriles is 1. The highest BCUT2D eigenvalue weighted by molar-refractivity contribution is 6.31. The first-order valence-corrected chi connectivity index (χ1v) is 7.91. The number of aryl methyl sites for hydroxylation is 1. The van der Waals surface area contributed by atoms with E-state index in [2.05, 4.69) is 15.5 Å². The zero-order chi connectivity index (χ0) is 18.0. The van der Waals surface area contributed by atoms with Gasteiger partial charge in [-0.05, 0) is 32.0 Å². The van der Waals surface area contributed by atoms with E-state index in [-0.39, 0.29) is 11.6 Å². The summed E-state index contributed by atoms with van der Waals surface area (Å²) >= 11 is 6.14. The Labute approximate surface area is 149 Å². The molecule has 0 unspecified atom stereocenters. The number of hydrogen-bond donors (Lipinski definition) is 1. The topological polar surface area (TPSA) is 88.5 Å². The standard InChI is InChI=1S/C17H15ClN6O/c1-11-16(18)12(2)24(21-11)10-23-8-7-15(22-23)17(25)20-14-6-4-3-5-13(14)9-19/h3-8H,10H2,1-2H3,(H,20,25). The van der Waals surface area contributed by atoms with Gasteiger partial charge in [0.05, 0.1) is 27.7 Å². The van der Waals surface area contributed by atoms with Crippen LogP contribution in [0.4, 0.5) is 5.69 Å². The summed E-state index contributed by atoms with van der Waals surface area (Å²) in [6.45, 7) is 4.06. The van der Waals surface area contributed by atoms with Crippen LogP contribution >= 0.6 is 11.6 Å². The van der Waals surface area contributed by atoms with Gasteiger partial charge in [0.2, 0.25) is 0 Å². The molecule has 0 fully saturated rings. The molecule has 0 aliphatic rings. The lowest BCUT2D eigenvalue weighted by Crippen LogP contribution is -2.16. The summed E-state index contributed by atoms with van der Waals surface area (Å²) in [6.07, 6.45) is 1.69. The van der Waals surface area contributed by atoms with Gasteiger partial charge in [0.1, 0.15) is 12.7 Å². The van der Waals surface area contributed by atoms with Crippen LogP contribution in [0, 0.1) is 25.2 Å². The molecule has 0 saturated heterocycles. The molecule has 0 spiro atoms. The summed E-state index contributed by atoms with van der Waals surface area (Å²) in [5, 5.41) is 21.0. The molecular formula is C17H15ClN6O. The van der Waals surface area contributed by atoms with Crippen molar-refractivity contribution in [1.29, 1.82) is 5.26 Å². The third-order valence-electron chi connectivity index (χ3n) is 3.74. The van der Waals surface area contributed by atoms with E-state index in [1.807, 2.05) is 19.9 Å². The smallest absolute Gasteiger partial charge is 0.276 e. The van der Waals surface area contributed by atoms with Gasteiger partial charge in [-0.2, -0.15) is 15.5 Å². The van der Waals surface area contributed by atoms with Gasteiger partial charge in [0.25, 0.3) is 5.91 Å². The summed E-state index contributed by atoms with van der Waals surface area (Å²) in [6, 6.07) is 10.5. The highest BCUT2D eigenvalue weighted by atomic mass is 35.5. The van der Waals surface area contributed by atoms with Crippen LogP contribution in [0.3, 0.4) is 0 Å². The first-order valence-electron chi connectivity index (χ1n) is 7.53. The van der Waals surface area contributed by atoms with E-state index in [9.17, 15) is 4.79 Å². The molecule has 1 amide bonds. The van der Waals surface area contributed by atoms with Crippen LogP contribution in [-0.2, 0) is 6.67 Å². The molecular weight excluding hydrogens is 340 g/mol. The van der Waals surface area contributed by atoms with Crippen LogP contribution in [0.15, 0.2) is 36.5 Å². The van der Waals surface area contributed by atoms with Gasteiger partial charge < -0.3 is 5.32 Å². The Balaban J connectivity index is 1.76. The van der Waals surface area contributed by atoms with Gasteiger partial charge in [-0.25, -0.2) is 4.68 Å². The lowest BCUT2D eigenvalue weighted by Gasteiger charge is -2.06. The summed E-state index contributed by atoms with van der Waals surface area (Å²) in [7, 11) is 0. The normalized spacial score (nSPS) is 10.5. The Kier molecular flexibility index (Phi) is 4.55. The average molecular weight is 355 g/mol. The van der Waals surface area contributed by atoms with Crippen LogP contribution in [0.2, 0.25) is 5.02 Å². The number of hydrogen-bond acceptors (Lipinski definition) is 4. The molecule has 0 aliphatic heterocycles. The number of amides is 1. The minimum atomic E-state index is -0.382. The number of aromatic nitrogens is 4. The van der Waals surface area contributed by atoms with Crippen molar-refractivity contribution in [2.24, 2.45) is 0 Å². The lowest BCUT2D eigenvalue weighted by molar-refractivity contribution is 0.102. The monoisotopic (exact) mass is 354 g/mol. The molecule has 3 aromatic rings. The second-order valence-electron chi connectivity index (χ2n) is 5.48. The van der Waals surface area contributed by atoms with Crippen molar-refractivity contribution in [3.8, 4) is 6.07 Å². The third kappa shape index (κ3) is 3.39. The summed E-state index contributed by atoms with van der Waals surface area (Å²) in [4.78, 5) is 12.3. The Morgan fingerprint density at radius 2 is 2.04 bits per heavy atom. The lowest BCUT2D eigenvalue weighted by atomic mass is 10.2. The van der Waals surface area contributed by atoms with Crippen molar-refractivity contribution in [3.05, 3.63) is 64.2 Å². The molecule has 0 aliphatic carbocycles. The number of carbonyl (C=O) groups excluding carboxylic acids is 1. The van der Waals surface area contributed by atoms with E-state index in [4.69, 9.17) is 16.9 Å².